The molecule has 0 aliphatic carbocycles. The highest BCUT2D eigenvalue weighted by molar-refractivity contribution is 7.80. The van der Waals surface area contributed by atoms with E-state index in [0.717, 1.165) is 19.1 Å². The summed E-state index contributed by atoms with van der Waals surface area (Å²) in [5, 5.41) is 0.625. The predicted octanol–water partition coefficient (Wildman–Crippen LogP) is 1.90. The van der Waals surface area contributed by atoms with Crippen LogP contribution in [0.15, 0.2) is 0 Å². The molecule has 1 rings (SSSR count). The Bertz CT molecular complexity index is 123. The largest absolute Gasteiger partial charge is 0.469 e. The van der Waals surface area contributed by atoms with Gasteiger partial charge in [0.1, 0.15) is 6.61 Å². The van der Waals surface area contributed by atoms with Gasteiger partial charge in [0.2, 0.25) is 0 Å². The highest BCUT2D eigenvalue weighted by Gasteiger charge is 2.11. The lowest BCUT2D eigenvalue weighted by atomic mass is 10.3. The van der Waals surface area contributed by atoms with Gasteiger partial charge in [-0.1, -0.05) is 20.8 Å². The average molecular weight is 175 g/mol. The molecular formula is C8H17NOS. The summed E-state index contributed by atoms with van der Waals surface area (Å²) in [6.45, 7) is 8.20. The molecule has 0 aromatic rings. The Morgan fingerprint density at radius 1 is 1.45 bits per heavy atom. The quantitative estimate of drug-likeness (QED) is 0.522. The highest BCUT2D eigenvalue weighted by Crippen LogP contribution is 1.97. The van der Waals surface area contributed by atoms with E-state index in [1.807, 2.05) is 11.9 Å². The van der Waals surface area contributed by atoms with Crippen molar-refractivity contribution in [3.63, 3.8) is 0 Å². The van der Waals surface area contributed by atoms with E-state index < -0.39 is 0 Å². The Labute approximate surface area is 74.5 Å². The van der Waals surface area contributed by atoms with Crippen molar-refractivity contribution < 1.29 is 4.74 Å². The molecule has 3 heteroatoms. The van der Waals surface area contributed by atoms with E-state index in [2.05, 4.69) is 20.8 Å². The molecule has 0 spiro atoms. The van der Waals surface area contributed by atoms with Crippen LogP contribution in [0.2, 0.25) is 0 Å². The van der Waals surface area contributed by atoms with E-state index >= 15 is 0 Å². The van der Waals surface area contributed by atoms with Crippen molar-refractivity contribution in [2.24, 2.45) is 5.92 Å². The molecule has 1 aliphatic rings. The van der Waals surface area contributed by atoms with Crippen LogP contribution in [0.25, 0.3) is 0 Å². The molecule has 2 nitrogen and oxygen atoms in total. The molecule has 11 heavy (non-hydrogen) atoms. The van der Waals surface area contributed by atoms with Gasteiger partial charge < -0.3 is 9.64 Å². The summed E-state index contributed by atoms with van der Waals surface area (Å²) in [6.07, 6.45) is 0. The smallest absolute Gasteiger partial charge is 0.259 e. The SMILES string of the molecule is CC(C)C.CN1CCOC1=S. The van der Waals surface area contributed by atoms with Crippen molar-refractivity contribution in [3.05, 3.63) is 0 Å². The van der Waals surface area contributed by atoms with Gasteiger partial charge in [-0.15, -0.1) is 0 Å². The molecule has 66 valence electrons. The monoisotopic (exact) mass is 175 g/mol. The number of rotatable bonds is 0. The molecule has 0 amide bonds. The molecule has 1 aliphatic heterocycles. The molecule has 0 unspecified atom stereocenters. The van der Waals surface area contributed by atoms with Gasteiger partial charge in [0.05, 0.1) is 6.54 Å². The summed E-state index contributed by atoms with van der Waals surface area (Å²) in [5.41, 5.74) is 0. The fraction of sp³-hybridized carbons (Fsp3) is 0.875. The second-order valence-corrected chi connectivity index (χ2v) is 3.62. The third kappa shape index (κ3) is 6.10. The first-order chi connectivity index (χ1) is 5.04. The number of thiocarbonyl (C=S) groups is 1. The van der Waals surface area contributed by atoms with Crippen LogP contribution in [0.5, 0.6) is 0 Å². The fourth-order valence-electron chi connectivity index (χ4n) is 0.471. The second-order valence-electron chi connectivity index (χ2n) is 3.27. The summed E-state index contributed by atoms with van der Waals surface area (Å²) in [5.74, 6) is 0.833. The van der Waals surface area contributed by atoms with Crippen LogP contribution < -0.4 is 0 Å². The molecular weight excluding hydrogens is 158 g/mol. The van der Waals surface area contributed by atoms with Gasteiger partial charge in [0.25, 0.3) is 5.17 Å². The Balaban J connectivity index is 0.000000218. The molecule has 0 saturated carbocycles. The van der Waals surface area contributed by atoms with Crippen LogP contribution in [0.1, 0.15) is 20.8 Å². The van der Waals surface area contributed by atoms with E-state index in [4.69, 9.17) is 17.0 Å². The summed E-state index contributed by atoms with van der Waals surface area (Å²) in [4.78, 5) is 1.91. The van der Waals surface area contributed by atoms with E-state index in [9.17, 15) is 0 Å². The Kier molecular flexibility index (Phi) is 5.20. The van der Waals surface area contributed by atoms with Crippen LogP contribution >= 0.6 is 12.2 Å². The number of hydrogen-bond donors (Lipinski definition) is 0. The molecule has 1 heterocycles. The van der Waals surface area contributed by atoms with Crippen molar-refractivity contribution >= 4 is 17.4 Å². The van der Waals surface area contributed by atoms with Gasteiger partial charge in [-0.25, -0.2) is 0 Å². The van der Waals surface area contributed by atoms with Crippen molar-refractivity contribution in [1.29, 1.82) is 0 Å². The zero-order valence-electron chi connectivity index (χ0n) is 7.76. The zero-order chi connectivity index (χ0) is 8.85. The van der Waals surface area contributed by atoms with Crippen LogP contribution in [0.3, 0.4) is 0 Å². The maximum atomic E-state index is 4.92. The molecule has 0 atom stereocenters. The van der Waals surface area contributed by atoms with Crippen LogP contribution in [-0.4, -0.2) is 30.3 Å². The van der Waals surface area contributed by atoms with Crippen LogP contribution in [0, 0.1) is 5.92 Å². The minimum atomic E-state index is 0.625. The highest BCUT2D eigenvalue weighted by atomic mass is 32.1. The van der Waals surface area contributed by atoms with Crippen LogP contribution in [-0.2, 0) is 4.74 Å². The van der Waals surface area contributed by atoms with Gasteiger partial charge >= 0.3 is 0 Å². The molecule has 0 bridgehead atoms. The molecule has 1 fully saturated rings. The lowest BCUT2D eigenvalue weighted by Gasteiger charge is -2.02. The summed E-state index contributed by atoms with van der Waals surface area (Å²) in [6, 6.07) is 0. The Morgan fingerprint density at radius 3 is 2.00 bits per heavy atom. The summed E-state index contributed by atoms with van der Waals surface area (Å²) < 4.78 is 4.92. The summed E-state index contributed by atoms with van der Waals surface area (Å²) in [7, 11) is 1.93. The first-order valence-corrected chi connectivity index (χ1v) is 4.32. The van der Waals surface area contributed by atoms with E-state index in [0.29, 0.717) is 5.17 Å². The van der Waals surface area contributed by atoms with Crippen molar-refractivity contribution in [2.75, 3.05) is 20.2 Å². The Hall–Kier alpha value is -0.310. The molecule has 0 aromatic carbocycles. The minimum Gasteiger partial charge on any atom is -0.469 e. The van der Waals surface area contributed by atoms with Crippen molar-refractivity contribution in [2.45, 2.75) is 20.8 Å². The van der Waals surface area contributed by atoms with Gasteiger partial charge in [0, 0.05) is 7.05 Å². The van der Waals surface area contributed by atoms with Gasteiger partial charge in [0.15, 0.2) is 0 Å². The zero-order valence-corrected chi connectivity index (χ0v) is 8.57. The molecule has 0 radical (unpaired) electrons. The van der Waals surface area contributed by atoms with E-state index in [1.165, 1.54) is 0 Å². The first kappa shape index (κ1) is 10.7. The van der Waals surface area contributed by atoms with Gasteiger partial charge in [-0.3, -0.25) is 0 Å². The Morgan fingerprint density at radius 2 is 1.91 bits per heavy atom. The van der Waals surface area contributed by atoms with E-state index in [-0.39, 0.29) is 0 Å². The normalized spacial score (nSPS) is 16.1. The lowest BCUT2D eigenvalue weighted by molar-refractivity contribution is 0.361. The standard InChI is InChI=1S/C4H7NOS.C4H10/c1-5-2-3-6-4(5)7;1-4(2)3/h2-3H2,1H3;4H,1-3H3. The molecule has 1 saturated heterocycles. The van der Waals surface area contributed by atoms with Gasteiger partial charge in [-0.05, 0) is 18.1 Å². The molecule has 0 aromatic heterocycles. The van der Waals surface area contributed by atoms with Crippen molar-refractivity contribution in [1.82, 2.24) is 4.90 Å². The fourth-order valence-corrected chi connectivity index (χ4v) is 0.646. The maximum Gasteiger partial charge on any atom is 0.259 e. The lowest BCUT2D eigenvalue weighted by Crippen LogP contribution is -2.17. The molecule has 0 N–H and O–H groups in total. The third-order valence-electron chi connectivity index (χ3n) is 0.964. The summed E-state index contributed by atoms with van der Waals surface area (Å²) >= 11 is 4.75. The number of hydrogen-bond acceptors (Lipinski definition) is 2. The van der Waals surface area contributed by atoms with E-state index in [1.54, 1.807) is 0 Å². The topological polar surface area (TPSA) is 12.5 Å². The third-order valence-corrected chi connectivity index (χ3v) is 1.39. The number of ether oxygens (including phenoxy) is 1. The van der Waals surface area contributed by atoms with Crippen LogP contribution in [0.4, 0.5) is 0 Å². The van der Waals surface area contributed by atoms with Crippen molar-refractivity contribution in [3.8, 4) is 0 Å². The number of nitrogens with zero attached hydrogens (tertiary/aromatic N) is 1. The number of likely N-dealkylation sites (N-methyl/N-ethyl adjacent to an activating group) is 1. The first-order valence-electron chi connectivity index (χ1n) is 3.92. The van der Waals surface area contributed by atoms with Gasteiger partial charge in [-0.2, -0.15) is 0 Å². The minimum absolute atomic E-state index is 0.625. The predicted molar refractivity (Wildman–Crippen MR) is 51.7 cm³/mol. The average Bonchev–Trinajstić information content (AvgIpc) is 2.15. The second kappa shape index (κ2) is 5.35. The maximum absolute atomic E-state index is 4.92.